The standard InChI is InChI=1S/C17H24N2O4/c1-2-15(21)18-13-10-19(14(11-20)17(13)23)16(22)9-8-12-6-4-3-5-7-12/h3-7,13-14,17,20,23H,2,8-11H2,1H3,(H,18,21)/t13?,14-,17+/m0/s1. The van der Waals surface area contributed by atoms with Crippen LogP contribution >= 0.6 is 0 Å². The zero-order chi connectivity index (χ0) is 16.8. The van der Waals surface area contributed by atoms with Gasteiger partial charge in [-0.2, -0.15) is 0 Å². The first-order valence-corrected chi connectivity index (χ1v) is 7.98. The Bertz CT molecular complexity index is 535. The van der Waals surface area contributed by atoms with E-state index in [1.54, 1.807) is 6.92 Å². The zero-order valence-corrected chi connectivity index (χ0v) is 13.3. The summed E-state index contributed by atoms with van der Waals surface area (Å²) in [6.07, 6.45) is 0.281. The molecule has 0 aromatic heterocycles. The van der Waals surface area contributed by atoms with Crippen molar-refractivity contribution in [3.05, 3.63) is 35.9 Å². The van der Waals surface area contributed by atoms with E-state index in [1.165, 1.54) is 4.90 Å². The van der Waals surface area contributed by atoms with E-state index in [0.29, 0.717) is 19.3 Å². The zero-order valence-electron chi connectivity index (χ0n) is 13.3. The number of carbonyl (C=O) groups excluding carboxylic acids is 2. The van der Waals surface area contributed by atoms with Crippen molar-refractivity contribution in [2.24, 2.45) is 0 Å². The van der Waals surface area contributed by atoms with E-state index in [1.807, 2.05) is 30.3 Å². The molecule has 1 aromatic rings. The van der Waals surface area contributed by atoms with Gasteiger partial charge in [0.05, 0.1) is 24.8 Å². The largest absolute Gasteiger partial charge is 0.394 e. The first-order valence-electron chi connectivity index (χ1n) is 7.98. The SMILES string of the molecule is CCC(=O)NC1CN(C(=O)CCc2ccccc2)[C@@H](CO)[C@@H]1O. The van der Waals surface area contributed by atoms with Crippen LogP contribution < -0.4 is 5.32 Å². The van der Waals surface area contributed by atoms with E-state index < -0.39 is 18.2 Å². The molecule has 0 bridgehead atoms. The molecule has 126 valence electrons. The molecule has 6 nitrogen and oxygen atoms in total. The van der Waals surface area contributed by atoms with Gasteiger partial charge in [-0.1, -0.05) is 37.3 Å². The normalized spacial score (nSPS) is 23.8. The van der Waals surface area contributed by atoms with Crippen molar-refractivity contribution in [2.75, 3.05) is 13.2 Å². The lowest BCUT2D eigenvalue weighted by Crippen LogP contribution is -2.45. The summed E-state index contributed by atoms with van der Waals surface area (Å²) in [5, 5.41) is 22.4. The monoisotopic (exact) mass is 320 g/mol. The summed E-state index contributed by atoms with van der Waals surface area (Å²) < 4.78 is 0. The number of rotatable bonds is 6. The second-order valence-electron chi connectivity index (χ2n) is 5.80. The fourth-order valence-electron chi connectivity index (χ4n) is 2.88. The predicted molar refractivity (Wildman–Crippen MR) is 85.6 cm³/mol. The van der Waals surface area contributed by atoms with Gasteiger partial charge in [-0.15, -0.1) is 0 Å². The summed E-state index contributed by atoms with van der Waals surface area (Å²) in [5.74, 6) is -0.301. The minimum absolute atomic E-state index is 0.125. The molecule has 1 saturated heterocycles. The van der Waals surface area contributed by atoms with Gasteiger partial charge in [-0.25, -0.2) is 0 Å². The molecule has 1 aliphatic heterocycles. The molecule has 2 amide bonds. The molecule has 1 unspecified atom stereocenters. The van der Waals surface area contributed by atoms with Gasteiger partial charge >= 0.3 is 0 Å². The van der Waals surface area contributed by atoms with Crippen LogP contribution in [-0.4, -0.2) is 58.3 Å². The third-order valence-corrected chi connectivity index (χ3v) is 4.25. The van der Waals surface area contributed by atoms with Crippen molar-refractivity contribution < 1.29 is 19.8 Å². The number of amides is 2. The highest BCUT2D eigenvalue weighted by atomic mass is 16.3. The highest BCUT2D eigenvalue weighted by Crippen LogP contribution is 2.20. The van der Waals surface area contributed by atoms with Crippen LogP contribution in [0.4, 0.5) is 0 Å². The third-order valence-electron chi connectivity index (χ3n) is 4.25. The second-order valence-corrected chi connectivity index (χ2v) is 5.80. The van der Waals surface area contributed by atoms with Crippen molar-refractivity contribution in [1.82, 2.24) is 10.2 Å². The lowest BCUT2D eigenvalue weighted by molar-refractivity contribution is -0.133. The molecule has 2 rings (SSSR count). The summed E-state index contributed by atoms with van der Waals surface area (Å²) in [4.78, 5) is 25.4. The molecule has 3 N–H and O–H groups in total. The van der Waals surface area contributed by atoms with Gasteiger partial charge in [0.2, 0.25) is 11.8 Å². The van der Waals surface area contributed by atoms with Crippen molar-refractivity contribution in [3.8, 4) is 0 Å². The van der Waals surface area contributed by atoms with Crippen molar-refractivity contribution >= 4 is 11.8 Å². The smallest absolute Gasteiger partial charge is 0.223 e. The quantitative estimate of drug-likeness (QED) is 0.692. The van der Waals surface area contributed by atoms with Crippen molar-refractivity contribution in [2.45, 2.75) is 44.4 Å². The molecule has 3 atom stereocenters. The summed E-state index contributed by atoms with van der Waals surface area (Å²) in [6.45, 7) is 1.63. The molecule has 1 aromatic carbocycles. The van der Waals surface area contributed by atoms with E-state index in [9.17, 15) is 19.8 Å². The summed E-state index contributed by atoms with van der Waals surface area (Å²) >= 11 is 0. The Morgan fingerprint density at radius 1 is 1.30 bits per heavy atom. The highest BCUT2D eigenvalue weighted by molar-refractivity contribution is 5.78. The van der Waals surface area contributed by atoms with Crippen LogP contribution in [0.5, 0.6) is 0 Å². The van der Waals surface area contributed by atoms with Crippen LogP contribution in [0.3, 0.4) is 0 Å². The van der Waals surface area contributed by atoms with Gasteiger partial charge in [0.1, 0.15) is 0 Å². The van der Waals surface area contributed by atoms with Crippen LogP contribution in [0.15, 0.2) is 30.3 Å². The number of nitrogens with zero attached hydrogens (tertiary/aromatic N) is 1. The van der Waals surface area contributed by atoms with Crippen molar-refractivity contribution in [3.63, 3.8) is 0 Å². The van der Waals surface area contributed by atoms with Gasteiger partial charge in [0, 0.05) is 19.4 Å². The fourth-order valence-corrected chi connectivity index (χ4v) is 2.88. The lowest BCUT2D eigenvalue weighted by Gasteiger charge is -2.24. The van der Waals surface area contributed by atoms with Gasteiger partial charge < -0.3 is 20.4 Å². The predicted octanol–water partition coefficient (Wildman–Crippen LogP) is 0.0780. The maximum absolute atomic E-state index is 12.4. The molecule has 23 heavy (non-hydrogen) atoms. The number of aliphatic hydroxyl groups is 2. The van der Waals surface area contributed by atoms with E-state index in [4.69, 9.17) is 0 Å². The third kappa shape index (κ3) is 4.30. The highest BCUT2D eigenvalue weighted by Gasteiger charge is 2.42. The van der Waals surface area contributed by atoms with Gasteiger partial charge in [0.15, 0.2) is 0 Å². The number of hydrogen-bond acceptors (Lipinski definition) is 4. The topological polar surface area (TPSA) is 89.9 Å². The van der Waals surface area contributed by atoms with Crippen molar-refractivity contribution in [1.29, 1.82) is 0 Å². The Labute approximate surface area is 136 Å². The van der Waals surface area contributed by atoms with Gasteiger partial charge in [-0.05, 0) is 12.0 Å². The molecule has 1 fully saturated rings. The van der Waals surface area contributed by atoms with E-state index in [2.05, 4.69) is 5.32 Å². The molecule has 1 aliphatic rings. The Balaban J connectivity index is 1.96. The Hall–Kier alpha value is -1.92. The molecule has 0 aliphatic carbocycles. The number of benzene rings is 1. The lowest BCUT2D eigenvalue weighted by atomic mass is 10.1. The first kappa shape index (κ1) is 17.4. The molecule has 0 saturated carbocycles. The Morgan fingerprint density at radius 3 is 2.61 bits per heavy atom. The molecule has 0 radical (unpaired) electrons. The van der Waals surface area contributed by atoms with Crippen LogP contribution in [0.25, 0.3) is 0 Å². The first-order chi connectivity index (χ1) is 11.1. The number of hydrogen-bond donors (Lipinski definition) is 3. The number of aliphatic hydroxyl groups excluding tert-OH is 2. The van der Waals surface area contributed by atoms with Gasteiger partial charge in [0.25, 0.3) is 0 Å². The van der Waals surface area contributed by atoms with E-state index >= 15 is 0 Å². The molecule has 1 heterocycles. The van der Waals surface area contributed by atoms with E-state index in [-0.39, 0.29) is 25.0 Å². The minimum atomic E-state index is -0.948. The maximum Gasteiger partial charge on any atom is 0.223 e. The number of aryl methyl sites for hydroxylation is 1. The molecular weight excluding hydrogens is 296 g/mol. The van der Waals surface area contributed by atoms with E-state index in [0.717, 1.165) is 5.56 Å². The number of nitrogens with one attached hydrogen (secondary N) is 1. The summed E-state index contributed by atoms with van der Waals surface area (Å²) in [7, 11) is 0. The maximum atomic E-state index is 12.4. The minimum Gasteiger partial charge on any atom is -0.394 e. The molecule has 6 heteroatoms. The van der Waals surface area contributed by atoms with Crippen LogP contribution in [0.2, 0.25) is 0 Å². The van der Waals surface area contributed by atoms with Gasteiger partial charge in [-0.3, -0.25) is 9.59 Å². The average Bonchev–Trinajstić information content (AvgIpc) is 2.89. The summed E-state index contributed by atoms with van der Waals surface area (Å²) in [6, 6.07) is 8.49. The summed E-state index contributed by atoms with van der Waals surface area (Å²) in [5.41, 5.74) is 1.07. The molecule has 0 spiro atoms. The Morgan fingerprint density at radius 2 is 2.00 bits per heavy atom. The van der Waals surface area contributed by atoms with Crippen LogP contribution in [0.1, 0.15) is 25.3 Å². The fraction of sp³-hybridized carbons (Fsp3) is 0.529. The van der Waals surface area contributed by atoms with Crippen LogP contribution in [0, 0.1) is 0 Å². The number of carbonyl (C=O) groups is 2. The van der Waals surface area contributed by atoms with Crippen LogP contribution in [-0.2, 0) is 16.0 Å². The Kier molecular flexibility index (Phi) is 6.12. The number of likely N-dealkylation sites (tertiary alicyclic amines) is 1. The molecular formula is C17H24N2O4. The average molecular weight is 320 g/mol. The second kappa shape index (κ2) is 8.08.